The van der Waals surface area contributed by atoms with Crippen molar-refractivity contribution in [2.24, 2.45) is 5.92 Å². The Morgan fingerprint density at radius 2 is 1.86 bits per heavy atom. The maximum atomic E-state index is 13.0. The highest BCUT2D eigenvalue weighted by molar-refractivity contribution is 5.86. The van der Waals surface area contributed by atoms with Crippen molar-refractivity contribution in [3.8, 4) is 16.9 Å². The third-order valence-corrected chi connectivity index (χ3v) is 5.50. The fourth-order valence-electron chi connectivity index (χ4n) is 3.96. The first-order valence-corrected chi connectivity index (χ1v) is 10.1. The third kappa shape index (κ3) is 4.34. The highest BCUT2D eigenvalue weighted by Gasteiger charge is 2.18. The highest BCUT2D eigenvalue weighted by Crippen LogP contribution is 2.27. The van der Waals surface area contributed by atoms with Crippen LogP contribution in [-0.4, -0.2) is 12.8 Å². The van der Waals surface area contributed by atoms with Gasteiger partial charge in [-0.15, -0.1) is 0 Å². The predicted octanol–water partition coefficient (Wildman–Crippen LogP) is 5.86. The van der Waals surface area contributed by atoms with Crippen LogP contribution in [0, 0.1) is 12.8 Å². The molecule has 0 bridgehead atoms. The standard InChI is InChI=1S/C24H24O5/c1-16-12-19(29-24(26)28-14-17-8-4-2-5-9-17)13-21-22(16)23(25)20(15-27-21)18-10-6-3-7-11-18/h3,6-7,10-13,15,17H,2,4-5,8-9,14H2,1H3. The Morgan fingerprint density at radius 3 is 2.62 bits per heavy atom. The number of ether oxygens (including phenoxy) is 2. The monoisotopic (exact) mass is 392 g/mol. The summed E-state index contributed by atoms with van der Waals surface area (Å²) >= 11 is 0. The van der Waals surface area contributed by atoms with Gasteiger partial charge in [-0.05, 0) is 42.9 Å². The van der Waals surface area contributed by atoms with Crippen LogP contribution in [-0.2, 0) is 4.74 Å². The van der Waals surface area contributed by atoms with Gasteiger partial charge >= 0.3 is 6.16 Å². The molecule has 1 saturated carbocycles. The molecule has 1 fully saturated rings. The minimum Gasteiger partial charge on any atom is -0.463 e. The second kappa shape index (κ2) is 8.52. The largest absolute Gasteiger partial charge is 0.513 e. The van der Waals surface area contributed by atoms with E-state index in [2.05, 4.69) is 0 Å². The van der Waals surface area contributed by atoms with Gasteiger partial charge in [0.15, 0.2) is 0 Å². The smallest absolute Gasteiger partial charge is 0.463 e. The molecule has 29 heavy (non-hydrogen) atoms. The van der Waals surface area contributed by atoms with Crippen molar-refractivity contribution >= 4 is 17.1 Å². The van der Waals surface area contributed by atoms with Gasteiger partial charge < -0.3 is 13.9 Å². The SMILES string of the molecule is Cc1cc(OC(=O)OCC2CCCCC2)cc2occ(-c3ccccc3)c(=O)c12. The number of rotatable bonds is 4. The predicted molar refractivity (Wildman–Crippen MR) is 111 cm³/mol. The number of aryl methyl sites for hydroxylation is 1. The molecule has 0 atom stereocenters. The molecular formula is C24H24O5. The normalized spacial score (nSPS) is 14.7. The maximum absolute atomic E-state index is 13.0. The number of fused-ring (bicyclic) bond motifs is 1. The quantitative estimate of drug-likeness (QED) is 0.411. The Kier molecular flexibility index (Phi) is 5.65. The van der Waals surface area contributed by atoms with Crippen LogP contribution >= 0.6 is 0 Å². The zero-order chi connectivity index (χ0) is 20.2. The number of hydrogen-bond acceptors (Lipinski definition) is 5. The summed E-state index contributed by atoms with van der Waals surface area (Å²) in [6, 6.07) is 12.6. The third-order valence-electron chi connectivity index (χ3n) is 5.50. The second-order valence-corrected chi connectivity index (χ2v) is 7.62. The topological polar surface area (TPSA) is 65.7 Å². The molecule has 3 aromatic rings. The van der Waals surface area contributed by atoms with E-state index in [1.807, 2.05) is 30.3 Å². The average molecular weight is 392 g/mol. The van der Waals surface area contributed by atoms with Crippen LogP contribution < -0.4 is 10.2 Å². The van der Waals surface area contributed by atoms with E-state index in [1.54, 1.807) is 19.1 Å². The summed E-state index contributed by atoms with van der Waals surface area (Å²) in [6.07, 6.45) is 6.55. The van der Waals surface area contributed by atoms with Gasteiger partial charge in [-0.25, -0.2) is 4.79 Å². The van der Waals surface area contributed by atoms with Crippen molar-refractivity contribution in [2.45, 2.75) is 39.0 Å². The number of hydrogen-bond donors (Lipinski definition) is 0. The van der Waals surface area contributed by atoms with Crippen molar-refractivity contribution in [1.29, 1.82) is 0 Å². The summed E-state index contributed by atoms with van der Waals surface area (Å²) < 4.78 is 16.3. The van der Waals surface area contributed by atoms with Gasteiger partial charge in [-0.1, -0.05) is 49.6 Å². The Bertz CT molecular complexity index is 1060. The highest BCUT2D eigenvalue weighted by atomic mass is 16.7. The second-order valence-electron chi connectivity index (χ2n) is 7.62. The van der Waals surface area contributed by atoms with E-state index in [-0.39, 0.29) is 5.43 Å². The molecule has 0 spiro atoms. The zero-order valence-electron chi connectivity index (χ0n) is 16.5. The molecule has 150 valence electrons. The van der Waals surface area contributed by atoms with Crippen LogP contribution in [0.1, 0.15) is 37.7 Å². The van der Waals surface area contributed by atoms with Gasteiger partial charge in [0.05, 0.1) is 17.6 Å². The van der Waals surface area contributed by atoms with Gasteiger partial charge in [0.25, 0.3) is 0 Å². The fourth-order valence-corrected chi connectivity index (χ4v) is 3.96. The van der Waals surface area contributed by atoms with E-state index >= 15 is 0 Å². The maximum Gasteiger partial charge on any atom is 0.513 e. The number of benzene rings is 2. The van der Waals surface area contributed by atoms with E-state index in [4.69, 9.17) is 13.9 Å². The van der Waals surface area contributed by atoms with E-state index in [9.17, 15) is 9.59 Å². The molecular weight excluding hydrogens is 368 g/mol. The molecule has 1 aliphatic carbocycles. The molecule has 5 heteroatoms. The van der Waals surface area contributed by atoms with Gasteiger partial charge in [-0.3, -0.25) is 4.79 Å². The van der Waals surface area contributed by atoms with E-state index < -0.39 is 6.16 Å². The Labute approximate surface area is 169 Å². The van der Waals surface area contributed by atoms with Crippen molar-refractivity contribution in [3.05, 3.63) is 64.5 Å². The van der Waals surface area contributed by atoms with Crippen LogP contribution in [0.15, 0.2) is 57.9 Å². The lowest BCUT2D eigenvalue weighted by Gasteiger charge is -2.20. The summed E-state index contributed by atoms with van der Waals surface area (Å²) in [7, 11) is 0. The first kappa shape index (κ1) is 19.2. The van der Waals surface area contributed by atoms with Gasteiger partial charge in [0.1, 0.15) is 17.6 Å². The average Bonchev–Trinajstić information content (AvgIpc) is 2.73. The molecule has 1 aliphatic rings. The van der Waals surface area contributed by atoms with Crippen LogP contribution in [0.25, 0.3) is 22.1 Å². The van der Waals surface area contributed by atoms with Crippen LogP contribution in [0.3, 0.4) is 0 Å². The molecule has 0 aliphatic heterocycles. The van der Waals surface area contributed by atoms with E-state index in [0.717, 1.165) is 18.4 Å². The minimum absolute atomic E-state index is 0.110. The van der Waals surface area contributed by atoms with Crippen LogP contribution in [0.2, 0.25) is 0 Å². The summed E-state index contributed by atoms with van der Waals surface area (Å²) in [5.74, 6) is 0.725. The lowest BCUT2D eigenvalue weighted by atomic mass is 9.90. The first-order chi connectivity index (χ1) is 14.1. The van der Waals surface area contributed by atoms with Crippen molar-refractivity contribution in [3.63, 3.8) is 0 Å². The molecule has 0 unspecified atom stereocenters. The summed E-state index contributed by atoms with van der Waals surface area (Å²) in [5, 5.41) is 0.481. The number of carbonyl (C=O) groups excluding carboxylic acids is 1. The lowest BCUT2D eigenvalue weighted by Crippen LogP contribution is -2.19. The Balaban J connectivity index is 1.53. The van der Waals surface area contributed by atoms with E-state index in [1.165, 1.54) is 25.5 Å². The fraction of sp³-hybridized carbons (Fsp3) is 0.333. The summed E-state index contributed by atoms with van der Waals surface area (Å²) in [5.41, 5.74) is 2.26. The summed E-state index contributed by atoms with van der Waals surface area (Å²) in [4.78, 5) is 25.0. The summed E-state index contributed by atoms with van der Waals surface area (Å²) in [6.45, 7) is 2.19. The lowest BCUT2D eigenvalue weighted by molar-refractivity contribution is 0.0768. The van der Waals surface area contributed by atoms with Crippen LogP contribution in [0.5, 0.6) is 5.75 Å². The molecule has 0 radical (unpaired) electrons. The molecule has 0 amide bonds. The molecule has 1 heterocycles. The van der Waals surface area contributed by atoms with Gasteiger partial charge in [0, 0.05) is 6.07 Å². The molecule has 2 aromatic carbocycles. The molecule has 5 nitrogen and oxygen atoms in total. The minimum atomic E-state index is -0.724. The molecule has 4 rings (SSSR count). The van der Waals surface area contributed by atoms with Crippen molar-refractivity contribution in [2.75, 3.05) is 6.61 Å². The molecule has 0 saturated heterocycles. The van der Waals surface area contributed by atoms with E-state index in [0.29, 0.717) is 40.4 Å². The van der Waals surface area contributed by atoms with Gasteiger partial charge in [-0.2, -0.15) is 0 Å². The van der Waals surface area contributed by atoms with Gasteiger partial charge in [0.2, 0.25) is 5.43 Å². The Morgan fingerprint density at radius 1 is 1.10 bits per heavy atom. The first-order valence-electron chi connectivity index (χ1n) is 10.1. The Hall–Kier alpha value is -3.08. The number of carbonyl (C=O) groups is 1. The van der Waals surface area contributed by atoms with Crippen molar-refractivity contribution < 1.29 is 18.7 Å². The van der Waals surface area contributed by atoms with Crippen molar-refractivity contribution in [1.82, 2.24) is 0 Å². The molecule has 0 N–H and O–H groups in total. The molecule has 1 aromatic heterocycles. The zero-order valence-corrected chi connectivity index (χ0v) is 16.5. The van der Waals surface area contributed by atoms with Crippen LogP contribution in [0.4, 0.5) is 4.79 Å².